The number of piperidine rings is 2. The van der Waals surface area contributed by atoms with Crippen molar-refractivity contribution in [2.45, 2.75) is 70.5 Å². The Kier molecular flexibility index (Phi) is 5.21. The molecule has 6 heteroatoms. The predicted molar refractivity (Wildman–Crippen MR) is 97.4 cm³/mol. The Labute approximate surface area is 150 Å². The Morgan fingerprint density at radius 3 is 2.48 bits per heavy atom. The molecule has 6 nitrogen and oxygen atoms in total. The van der Waals surface area contributed by atoms with Crippen LogP contribution in [0.15, 0.2) is 16.9 Å². The molecule has 3 heterocycles. The zero-order valence-corrected chi connectivity index (χ0v) is 16.0. The number of carbonyl (C=O) groups excluding carboxylic acids is 1. The minimum atomic E-state index is -0.141. The molecule has 2 saturated heterocycles. The third kappa shape index (κ3) is 4.82. The van der Waals surface area contributed by atoms with Gasteiger partial charge in [0.2, 0.25) is 0 Å². The van der Waals surface area contributed by atoms with Gasteiger partial charge in [0.05, 0.1) is 0 Å². The van der Waals surface area contributed by atoms with E-state index in [9.17, 15) is 4.79 Å². The number of nitrogens with one attached hydrogen (secondary N) is 2. The normalized spacial score (nSPS) is 25.0. The van der Waals surface area contributed by atoms with Gasteiger partial charge in [0, 0.05) is 29.7 Å². The first-order valence-corrected chi connectivity index (χ1v) is 9.46. The van der Waals surface area contributed by atoms with E-state index in [0.717, 1.165) is 32.5 Å². The molecule has 0 atom stereocenters. The number of carbonyl (C=O) groups is 1. The van der Waals surface area contributed by atoms with Crippen molar-refractivity contribution in [3.63, 3.8) is 0 Å². The van der Waals surface area contributed by atoms with Crippen molar-refractivity contribution >= 4 is 5.91 Å². The van der Waals surface area contributed by atoms with Crippen molar-refractivity contribution in [1.82, 2.24) is 20.7 Å². The average Bonchev–Trinajstić information content (AvgIpc) is 3.04. The molecule has 0 unspecified atom stereocenters. The number of aromatic nitrogens is 1. The molecule has 2 N–H and O–H groups in total. The van der Waals surface area contributed by atoms with Gasteiger partial charge in [-0.25, -0.2) is 0 Å². The second kappa shape index (κ2) is 7.08. The molecule has 0 spiro atoms. The maximum atomic E-state index is 12.0. The van der Waals surface area contributed by atoms with E-state index in [1.165, 1.54) is 19.1 Å². The third-order valence-corrected chi connectivity index (χ3v) is 5.56. The topological polar surface area (TPSA) is 70.4 Å². The summed E-state index contributed by atoms with van der Waals surface area (Å²) in [6.45, 7) is 12.2. The molecule has 0 aliphatic carbocycles. The van der Waals surface area contributed by atoms with Crippen LogP contribution in [0.5, 0.6) is 0 Å². The van der Waals surface area contributed by atoms with Crippen LogP contribution in [0.4, 0.5) is 0 Å². The van der Waals surface area contributed by atoms with Crippen LogP contribution >= 0.6 is 0 Å². The van der Waals surface area contributed by atoms with Gasteiger partial charge in [0.15, 0.2) is 5.69 Å². The Balaban J connectivity index is 1.46. The van der Waals surface area contributed by atoms with Crippen LogP contribution in [0.25, 0.3) is 0 Å². The lowest BCUT2D eigenvalue weighted by Gasteiger charge is -2.51. The van der Waals surface area contributed by atoms with Gasteiger partial charge in [0.1, 0.15) is 6.26 Å². The van der Waals surface area contributed by atoms with Crippen LogP contribution in [0.3, 0.4) is 0 Å². The molecule has 2 fully saturated rings. The van der Waals surface area contributed by atoms with Crippen molar-refractivity contribution in [3.05, 3.63) is 18.0 Å². The lowest BCUT2D eigenvalue weighted by Crippen LogP contribution is -2.62. The Bertz CT molecular complexity index is 558. The smallest absolute Gasteiger partial charge is 0.273 e. The highest BCUT2D eigenvalue weighted by atomic mass is 16.5. The van der Waals surface area contributed by atoms with E-state index >= 15 is 0 Å². The van der Waals surface area contributed by atoms with E-state index in [4.69, 9.17) is 4.52 Å². The van der Waals surface area contributed by atoms with Gasteiger partial charge < -0.3 is 20.1 Å². The molecule has 1 amide bonds. The summed E-state index contributed by atoms with van der Waals surface area (Å²) in [7, 11) is 0. The van der Waals surface area contributed by atoms with Gasteiger partial charge >= 0.3 is 0 Å². The van der Waals surface area contributed by atoms with Crippen LogP contribution < -0.4 is 10.6 Å². The first-order valence-electron chi connectivity index (χ1n) is 9.46. The van der Waals surface area contributed by atoms with Crippen LogP contribution in [0.1, 0.15) is 63.9 Å². The molecule has 0 bridgehead atoms. The van der Waals surface area contributed by atoms with Crippen molar-refractivity contribution in [2.75, 3.05) is 19.6 Å². The number of rotatable bonds is 4. The minimum absolute atomic E-state index is 0.141. The molecule has 1 aromatic rings. The molecule has 2 aliphatic rings. The fourth-order valence-corrected chi connectivity index (χ4v) is 4.71. The summed E-state index contributed by atoms with van der Waals surface area (Å²) in [5.74, 6) is 0.410. The van der Waals surface area contributed by atoms with Gasteiger partial charge in [-0.15, -0.1) is 0 Å². The summed E-state index contributed by atoms with van der Waals surface area (Å²) in [6, 6.07) is 2.25. The zero-order valence-electron chi connectivity index (χ0n) is 16.0. The number of hydrogen-bond donors (Lipinski definition) is 2. The SMILES string of the molecule is CC1(C)CC(N2CCC(CNC(=O)c3ccon3)CC2)CC(C)(C)N1. The fraction of sp³-hybridized carbons (Fsp3) is 0.789. The maximum absolute atomic E-state index is 12.0. The Morgan fingerprint density at radius 1 is 1.28 bits per heavy atom. The van der Waals surface area contributed by atoms with Crippen LogP contribution in [0.2, 0.25) is 0 Å². The molecule has 2 aliphatic heterocycles. The van der Waals surface area contributed by atoms with Crippen LogP contribution in [0, 0.1) is 5.92 Å². The van der Waals surface area contributed by atoms with E-state index in [-0.39, 0.29) is 17.0 Å². The van der Waals surface area contributed by atoms with E-state index in [1.807, 2.05) is 0 Å². The maximum Gasteiger partial charge on any atom is 0.273 e. The van der Waals surface area contributed by atoms with E-state index in [1.54, 1.807) is 6.07 Å². The first-order chi connectivity index (χ1) is 11.7. The van der Waals surface area contributed by atoms with Crippen molar-refractivity contribution in [1.29, 1.82) is 0 Å². The lowest BCUT2D eigenvalue weighted by atomic mass is 9.78. The third-order valence-electron chi connectivity index (χ3n) is 5.56. The minimum Gasteiger partial charge on any atom is -0.364 e. The molecular formula is C19H32N4O2. The number of hydrogen-bond acceptors (Lipinski definition) is 5. The predicted octanol–water partition coefficient (Wildman–Crippen LogP) is 2.43. The highest BCUT2D eigenvalue weighted by molar-refractivity contribution is 5.91. The van der Waals surface area contributed by atoms with Crippen molar-refractivity contribution in [2.24, 2.45) is 5.92 Å². The largest absolute Gasteiger partial charge is 0.364 e. The molecule has 25 heavy (non-hydrogen) atoms. The summed E-state index contributed by atoms with van der Waals surface area (Å²) in [5.41, 5.74) is 0.737. The molecule has 0 aromatic carbocycles. The van der Waals surface area contributed by atoms with Crippen molar-refractivity contribution < 1.29 is 9.32 Å². The quantitative estimate of drug-likeness (QED) is 0.874. The van der Waals surface area contributed by atoms with Gasteiger partial charge in [0.25, 0.3) is 5.91 Å². The summed E-state index contributed by atoms with van der Waals surface area (Å²) in [6.07, 6.45) is 6.11. The van der Waals surface area contributed by atoms with Gasteiger partial charge in [-0.1, -0.05) is 5.16 Å². The molecular weight excluding hydrogens is 316 g/mol. The Morgan fingerprint density at radius 2 is 1.92 bits per heavy atom. The van der Waals surface area contributed by atoms with E-state index in [0.29, 0.717) is 17.7 Å². The van der Waals surface area contributed by atoms with Gasteiger partial charge in [-0.3, -0.25) is 4.79 Å². The second-order valence-corrected chi connectivity index (χ2v) is 9.03. The average molecular weight is 348 g/mol. The molecule has 3 rings (SSSR count). The monoisotopic (exact) mass is 348 g/mol. The van der Waals surface area contributed by atoms with Crippen molar-refractivity contribution in [3.8, 4) is 0 Å². The molecule has 1 aromatic heterocycles. The lowest BCUT2D eigenvalue weighted by molar-refractivity contribution is 0.0440. The molecule has 0 saturated carbocycles. The molecule has 140 valence electrons. The first kappa shape index (κ1) is 18.4. The standard InChI is InChI=1S/C19H32N4O2/c1-18(2)11-15(12-19(3,4)22-18)23-8-5-14(6-9-23)13-20-17(24)16-7-10-25-21-16/h7,10,14-15,22H,5-6,8-9,11-13H2,1-4H3,(H,20,24). The van der Waals surface area contributed by atoms with E-state index in [2.05, 4.69) is 48.4 Å². The second-order valence-electron chi connectivity index (χ2n) is 9.03. The number of amides is 1. The Hall–Kier alpha value is -1.40. The van der Waals surface area contributed by atoms with Gasteiger partial charge in [-0.05, 0) is 72.4 Å². The number of likely N-dealkylation sites (tertiary alicyclic amines) is 1. The zero-order chi connectivity index (χ0) is 18.1. The van der Waals surface area contributed by atoms with Gasteiger partial charge in [-0.2, -0.15) is 0 Å². The van der Waals surface area contributed by atoms with E-state index < -0.39 is 0 Å². The van der Waals surface area contributed by atoms with Crippen LogP contribution in [-0.4, -0.2) is 52.7 Å². The van der Waals surface area contributed by atoms with Crippen LogP contribution in [-0.2, 0) is 0 Å². The fourth-order valence-electron chi connectivity index (χ4n) is 4.71. The number of nitrogens with zero attached hydrogens (tertiary/aromatic N) is 2. The summed E-state index contributed by atoms with van der Waals surface area (Å²) < 4.78 is 4.72. The highest BCUT2D eigenvalue weighted by Crippen LogP contribution is 2.33. The highest BCUT2D eigenvalue weighted by Gasteiger charge is 2.40. The summed E-state index contributed by atoms with van der Waals surface area (Å²) in [4.78, 5) is 14.6. The summed E-state index contributed by atoms with van der Waals surface area (Å²) >= 11 is 0. The summed E-state index contributed by atoms with van der Waals surface area (Å²) in [5, 5.41) is 10.4. The molecule has 0 radical (unpaired) electrons.